The topological polar surface area (TPSA) is 6.48 Å². The molecule has 110 valence electrons. The SMILES string of the molecule is Clc1cc(Br)ccc1CN1CCN(C2CCCC2)CC1. The zero-order valence-corrected chi connectivity index (χ0v) is 14.2. The molecule has 3 rings (SSSR count). The summed E-state index contributed by atoms with van der Waals surface area (Å²) in [5.41, 5.74) is 1.24. The van der Waals surface area contributed by atoms with Gasteiger partial charge in [-0.05, 0) is 30.5 Å². The maximum atomic E-state index is 6.31. The summed E-state index contributed by atoms with van der Waals surface area (Å²) in [7, 11) is 0. The van der Waals surface area contributed by atoms with E-state index in [1.807, 2.05) is 6.07 Å². The molecule has 1 heterocycles. The van der Waals surface area contributed by atoms with Gasteiger partial charge in [-0.2, -0.15) is 0 Å². The summed E-state index contributed by atoms with van der Waals surface area (Å²) in [5, 5.41) is 0.873. The Morgan fingerprint density at radius 3 is 2.45 bits per heavy atom. The van der Waals surface area contributed by atoms with Gasteiger partial charge in [0.2, 0.25) is 0 Å². The summed E-state index contributed by atoms with van der Waals surface area (Å²) >= 11 is 9.78. The van der Waals surface area contributed by atoms with Crippen LogP contribution in [0.4, 0.5) is 0 Å². The Hall–Kier alpha value is -0.0900. The van der Waals surface area contributed by atoms with E-state index < -0.39 is 0 Å². The Bertz CT molecular complexity index is 452. The second-order valence-electron chi connectivity index (χ2n) is 5.99. The highest BCUT2D eigenvalue weighted by Crippen LogP contribution is 2.26. The number of halogens is 2. The molecule has 1 aromatic carbocycles. The molecule has 0 unspecified atom stereocenters. The molecule has 2 fully saturated rings. The maximum Gasteiger partial charge on any atom is 0.0462 e. The predicted molar refractivity (Wildman–Crippen MR) is 88.3 cm³/mol. The van der Waals surface area contributed by atoms with E-state index in [-0.39, 0.29) is 0 Å². The van der Waals surface area contributed by atoms with Crippen molar-refractivity contribution in [3.63, 3.8) is 0 Å². The molecule has 1 saturated heterocycles. The van der Waals surface area contributed by atoms with Crippen LogP contribution < -0.4 is 0 Å². The minimum Gasteiger partial charge on any atom is -0.298 e. The Kier molecular flexibility index (Phi) is 5.03. The molecule has 1 aliphatic carbocycles. The van der Waals surface area contributed by atoms with Gasteiger partial charge < -0.3 is 0 Å². The van der Waals surface area contributed by atoms with Gasteiger partial charge in [0.1, 0.15) is 0 Å². The van der Waals surface area contributed by atoms with Crippen molar-refractivity contribution in [3.05, 3.63) is 33.3 Å². The molecule has 0 aromatic heterocycles. The molecular weight excluding hydrogens is 336 g/mol. The molecule has 0 atom stereocenters. The van der Waals surface area contributed by atoms with Crippen LogP contribution in [0.25, 0.3) is 0 Å². The molecule has 0 spiro atoms. The molecule has 1 aromatic rings. The quantitative estimate of drug-likeness (QED) is 0.801. The van der Waals surface area contributed by atoms with Crippen LogP contribution in [0.2, 0.25) is 5.02 Å². The van der Waals surface area contributed by atoms with E-state index in [2.05, 4.69) is 37.9 Å². The third-order valence-corrected chi connectivity index (χ3v) is 5.50. The highest BCUT2D eigenvalue weighted by molar-refractivity contribution is 9.10. The number of nitrogens with zero attached hydrogens (tertiary/aromatic N) is 2. The van der Waals surface area contributed by atoms with Crippen molar-refractivity contribution in [1.82, 2.24) is 9.80 Å². The molecule has 0 amide bonds. The Labute approximate surface area is 135 Å². The van der Waals surface area contributed by atoms with Crippen LogP contribution in [0.15, 0.2) is 22.7 Å². The Morgan fingerprint density at radius 2 is 1.80 bits per heavy atom. The lowest BCUT2D eigenvalue weighted by Gasteiger charge is -2.38. The molecule has 20 heavy (non-hydrogen) atoms. The van der Waals surface area contributed by atoms with Crippen LogP contribution in [-0.4, -0.2) is 42.0 Å². The third kappa shape index (κ3) is 3.56. The van der Waals surface area contributed by atoms with Gasteiger partial charge in [0, 0.05) is 48.3 Å². The fraction of sp³-hybridized carbons (Fsp3) is 0.625. The van der Waals surface area contributed by atoms with Crippen molar-refractivity contribution < 1.29 is 0 Å². The number of benzene rings is 1. The highest BCUT2D eigenvalue weighted by Gasteiger charge is 2.26. The van der Waals surface area contributed by atoms with Crippen molar-refractivity contribution >= 4 is 27.5 Å². The molecule has 1 aliphatic heterocycles. The summed E-state index contributed by atoms with van der Waals surface area (Å²) in [6, 6.07) is 7.07. The molecule has 2 aliphatic rings. The number of hydrogen-bond donors (Lipinski definition) is 0. The van der Waals surface area contributed by atoms with E-state index in [9.17, 15) is 0 Å². The minimum atomic E-state index is 0.869. The molecule has 0 bridgehead atoms. The Morgan fingerprint density at radius 1 is 1.10 bits per heavy atom. The van der Waals surface area contributed by atoms with E-state index in [4.69, 9.17) is 11.6 Å². The van der Waals surface area contributed by atoms with Crippen LogP contribution in [0.3, 0.4) is 0 Å². The predicted octanol–water partition coefficient (Wildman–Crippen LogP) is 4.16. The molecule has 1 saturated carbocycles. The van der Waals surface area contributed by atoms with E-state index in [0.717, 1.165) is 22.1 Å². The molecule has 2 nitrogen and oxygen atoms in total. The molecule has 0 N–H and O–H groups in total. The van der Waals surface area contributed by atoms with E-state index in [1.54, 1.807) is 0 Å². The van der Waals surface area contributed by atoms with Gasteiger partial charge in [-0.25, -0.2) is 0 Å². The first kappa shape index (κ1) is 14.8. The summed E-state index contributed by atoms with van der Waals surface area (Å²) in [6.07, 6.45) is 5.69. The van der Waals surface area contributed by atoms with Crippen molar-refractivity contribution in [2.75, 3.05) is 26.2 Å². The fourth-order valence-electron chi connectivity index (χ4n) is 3.45. The van der Waals surface area contributed by atoms with E-state index in [1.165, 1.54) is 57.4 Å². The maximum absolute atomic E-state index is 6.31. The van der Waals surface area contributed by atoms with Gasteiger partial charge >= 0.3 is 0 Å². The summed E-state index contributed by atoms with van der Waals surface area (Å²) in [5.74, 6) is 0. The van der Waals surface area contributed by atoms with E-state index >= 15 is 0 Å². The van der Waals surface area contributed by atoms with Crippen molar-refractivity contribution in [2.45, 2.75) is 38.3 Å². The van der Waals surface area contributed by atoms with Gasteiger partial charge in [-0.3, -0.25) is 9.80 Å². The van der Waals surface area contributed by atoms with Crippen LogP contribution in [0, 0.1) is 0 Å². The highest BCUT2D eigenvalue weighted by atomic mass is 79.9. The lowest BCUT2D eigenvalue weighted by molar-refractivity contribution is 0.0937. The monoisotopic (exact) mass is 356 g/mol. The first-order valence-corrected chi connectivity index (χ1v) is 8.80. The van der Waals surface area contributed by atoms with Crippen molar-refractivity contribution in [2.24, 2.45) is 0 Å². The standard InChI is InChI=1S/C16H22BrClN2/c17-14-6-5-13(16(18)11-14)12-19-7-9-20(10-8-19)15-3-1-2-4-15/h5-6,11,15H,1-4,7-10,12H2. The van der Waals surface area contributed by atoms with Crippen molar-refractivity contribution in [1.29, 1.82) is 0 Å². The number of hydrogen-bond acceptors (Lipinski definition) is 2. The number of piperazine rings is 1. The Balaban J connectivity index is 1.53. The van der Waals surface area contributed by atoms with Crippen LogP contribution >= 0.6 is 27.5 Å². The van der Waals surface area contributed by atoms with Gasteiger partial charge in [0.05, 0.1) is 0 Å². The summed E-state index contributed by atoms with van der Waals surface area (Å²) in [4.78, 5) is 5.23. The summed E-state index contributed by atoms with van der Waals surface area (Å²) < 4.78 is 1.05. The second kappa shape index (κ2) is 6.78. The lowest BCUT2D eigenvalue weighted by atomic mass is 10.1. The van der Waals surface area contributed by atoms with Gasteiger partial charge in [-0.15, -0.1) is 0 Å². The van der Waals surface area contributed by atoms with Crippen LogP contribution in [0.1, 0.15) is 31.2 Å². The van der Waals surface area contributed by atoms with E-state index in [0.29, 0.717) is 0 Å². The second-order valence-corrected chi connectivity index (χ2v) is 7.31. The lowest BCUT2D eigenvalue weighted by Crippen LogP contribution is -2.49. The normalized spacial score (nSPS) is 22.5. The minimum absolute atomic E-state index is 0.869. The smallest absolute Gasteiger partial charge is 0.0462 e. The largest absolute Gasteiger partial charge is 0.298 e. The third-order valence-electron chi connectivity index (χ3n) is 4.66. The fourth-order valence-corrected chi connectivity index (χ4v) is 4.18. The zero-order valence-electron chi connectivity index (χ0n) is 11.8. The zero-order chi connectivity index (χ0) is 13.9. The average Bonchev–Trinajstić information content (AvgIpc) is 2.97. The molecule has 4 heteroatoms. The first-order chi connectivity index (χ1) is 9.72. The first-order valence-electron chi connectivity index (χ1n) is 7.63. The molecular formula is C16H22BrClN2. The molecule has 0 radical (unpaired) electrons. The van der Waals surface area contributed by atoms with Crippen molar-refractivity contribution in [3.8, 4) is 0 Å². The van der Waals surface area contributed by atoms with Gasteiger partial charge in [0.15, 0.2) is 0 Å². The van der Waals surface area contributed by atoms with Crippen LogP contribution in [0.5, 0.6) is 0 Å². The van der Waals surface area contributed by atoms with Crippen LogP contribution in [-0.2, 0) is 6.54 Å². The number of rotatable bonds is 3. The summed E-state index contributed by atoms with van der Waals surface area (Å²) in [6.45, 7) is 5.76. The van der Waals surface area contributed by atoms with Gasteiger partial charge in [-0.1, -0.05) is 46.4 Å². The average molecular weight is 358 g/mol. The van der Waals surface area contributed by atoms with Gasteiger partial charge in [0.25, 0.3) is 0 Å².